The van der Waals surface area contributed by atoms with Gasteiger partial charge in [0.1, 0.15) is 11.0 Å². The molecule has 1 aromatic rings. The molecule has 2 rings (SSSR count). The summed E-state index contributed by atoms with van der Waals surface area (Å²) in [5.74, 6) is 1.33. The van der Waals surface area contributed by atoms with E-state index in [0.717, 1.165) is 50.9 Å². The van der Waals surface area contributed by atoms with E-state index in [1.54, 1.807) is 4.57 Å². The molecule has 4 heteroatoms. The molecule has 1 heterocycles. The van der Waals surface area contributed by atoms with Crippen molar-refractivity contribution < 1.29 is 0 Å². The Bertz CT molecular complexity index is 477. The second kappa shape index (κ2) is 6.19. The standard InChI is InChI=1S/C14H19ClN2O/c1-2-3-4-5-6-9-17-13(18)10-12(15)16-14(17)11-7-8-11/h2,10-11H,1,3-9H2. The van der Waals surface area contributed by atoms with E-state index in [4.69, 9.17) is 11.6 Å². The average Bonchev–Trinajstić information content (AvgIpc) is 3.14. The summed E-state index contributed by atoms with van der Waals surface area (Å²) in [5, 5.41) is 0.324. The highest BCUT2D eigenvalue weighted by Crippen LogP contribution is 2.38. The van der Waals surface area contributed by atoms with Crippen LogP contribution >= 0.6 is 11.6 Å². The van der Waals surface area contributed by atoms with Crippen LogP contribution < -0.4 is 5.56 Å². The van der Waals surface area contributed by atoms with Crippen molar-refractivity contribution >= 4 is 11.6 Å². The molecule has 0 unspecified atom stereocenters. The SMILES string of the molecule is C=CCCCCCn1c(C2CC2)nc(Cl)cc1=O. The lowest BCUT2D eigenvalue weighted by molar-refractivity contribution is 0.547. The molecule has 3 nitrogen and oxygen atoms in total. The van der Waals surface area contributed by atoms with Gasteiger partial charge in [0.25, 0.3) is 5.56 Å². The molecule has 0 spiro atoms. The zero-order chi connectivity index (χ0) is 13.0. The van der Waals surface area contributed by atoms with Gasteiger partial charge in [-0.25, -0.2) is 4.98 Å². The van der Waals surface area contributed by atoms with Crippen molar-refractivity contribution in [2.45, 2.75) is 51.0 Å². The number of allylic oxidation sites excluding steroid dienone is 1. The number of hydrogen-bond donors (Lipinski definition) is 0. The van der Waals surface area contributed by atoms with Gasteiger partial charge in [-0.05, 0) is 32.1 Å². The lowest BCUT2D eigenvalue weighted by Gasteiger charge is -2.11. The minimum absolute atomic E-state index is 0.0133. The predicted octanol–water partition coefficient (Wildman–Crippen LogP) is 3.52. The minimum Gasteiger partial charge on any atom is -0.296 e. The van der Waals surface area contributed by atoms with Crippen LogP contribution in [0.1, 0.15) is 50.3 Å². The van der Waals surface area contributed by atoms with E-state index in [2.05, 4.69) is 11.6 Å². The molecule has 0 aliphatic heterocycles. The summed E-state index contributed by atoms with van der Waals surface area (Å²) in [7, 11) is 0. The Balaban J connectivity index is 2.02. The molecule has 1 aliphatic carbocycles. The van der Waals surface area contributed by atoms with Crippen molar-refractivity contribution in [3.05, 3.63) is 40.1 Å². The third-order valence-corrected chi connectivity index (χ3v) is 3.43. The van der Waals surface area contributed by atoms with Crippen LogP contribution in [-0.2, 0) is 6.54 Å². The van der Waals surface area contributed by atoms with E-state index >= 15 is 0 Å². The van der Waals surface area contributed by atoms with E-state index in [-0.39, 0.29) is 5.56 Å². The summed E-state index contributed by atoms with van der Waals surface area (Å²) in [5.41, 5.74) is -0.0133. The first kappa shape index (κ1) is 13.3. The first-order valence-electron chi connectivity index (χ1n) is 6.60. The van der Waals surface area contributed by atoms with Crippen molar-refractivity contribution in [3.63, 3.8) is 0 Å². The number of rotatable bonds is 7. The van der Waals surface area contributed by atoms with E-state index in [1.165, 1.54) is 6.07 Å². The van der Waals surface area contributed by atoms with Gasteiger partial charge in [0.2, 0.25) is 0 Å². The van der Waals surface area contributed by atoms with Gasteiger partial charge >= 0.3 is 0 Å². The molecule has 0 radical (unpaired) electrons. The largest absolute Gasteiger partial charge is 0.296 e. The Kier molecular flexibility index (Phi) is 4.59. The van der Waals surface area contributed by atoms with Crippen molar-refractivity contribution in [2.24, 2.45) is 0 Å². The molecule has 0 atom stereocenters. The highest BCUT2D eigenvalue weighted by atomic mass is 35.5. The quantitative estimate of drug-likeness (QED) is 0.430. The average molecular weight is 267 g/mol. The molecular weight excluding hydrogens is 248 g/mol. The van der Waals surface area contributed by atoms with E-state index in [9.17, 15) is 4.79 Å². The Morgan fingerprint density at radius 1 is 1.44 bits per heavy atom. The summed E-state index contributed by atoms with van der Waals surface area (Å²) in [6, 6.07) is 1.41. The zero-order valence-corrected chi connectivity index (χ0v) is 11.3. The Morgan fingerprint density at radius 3 is 2.89 bits per heavy atom. The van der Waals surface area contributed by atoms with Gasteiger partial charge in [-0.15, -0.1) is 6.58 Å². The van der Waals surface area contributed by atoms with Crippen LogP contribution in [0.4, 0.5) is 0 Å². The van der Waals surface area contributed by atoms with Crippen molar-refractivity contribution in [3.8, 4) is 0 Å². The maximum atomic E-state index is 11.9. The lowest BCUT2D eigenvalue weighted by Crippen LogP contribution is -2.24. The lowest BCUT2D eigenvalue weighted by atomic mass is 10.2. The first-order valence-corrected chi connectivity index (χ1v) is 6.98. The van der Waals surface area contributed by atoms with Crippen LogP contribution in [0.2, 0.25) is 5.15 Å². The Hall–Kier alpha value is -1.09. The molecular formula is C14H19ClN2O. The van der Waals surface area contributed by atoms with Crippen molar-refractivity contribution in [1.82, 2.24) is 9.55 Å². The molecule has 0 bridgehead atoms. The molecule has 98 valence electrons. The van der Waals surface area contributed by atoms with Gasteiger partial charge in [-0.1, -0.05) is 24.1 Å². The van der Waals surface area contributed by atoms with Crippen LogP contribution in [0.5, 0.6) is 0 Å². The summed E-state index contributed by atoms with van der Waals surface area (Å²) in [6.07, 6.45) is 8.50. The number of halogens is 1. The maximum Gasteiger partial charge on any atom is 0.254 e. The molecule has 18 heavy (non-hydrogen) atoms. The van der Waals surface area contributed by atoms with Crippen LogP contribution in [0, 0.1) is 0 Å². The Labute approximate surface area is 112 Å². The molecule has 1 aromatic heterocycles. The molecule has 1 saturated carbocycles. The topological polar surface area (TPSA) is 34.9 Å². The number of unbranched alkanes of at least 4 members (excludes halogenated alkanes) is 3. The van der Waals surface area contributed by atoms with Gasteiger partial charge in [-0.2, -0.15) is 0 Å². The number of hydrogen-bond acceptors (Lipinski definition) is 2. The monoisotopic (exact) mass is 266 g/mol. The van der Waals surface area contributed by atoms with E-state index in [1.807, 2.05) is 6.08 Å². The predicted molar refractivity (Wildman–Crippen MR) is 74.1 cm³/mol. The summed E-state index contributed by atoms with van der Waals surface area (Å²) in [6.45, 7) is 4.46. The third-order valence-electron chi connectivity index (χ3n) is 3.24. The molecule has 0 amide bonds. The normalized spacial score (nSPS) is 14.7. The van der Waals surface area contributed by atoms with E-state index in [0.29, 0.717) is 11.1 Å². The fourth-order valence-electron chi connectivity index (χ4n) is 2.11. The van der Waals surface area contributed by atoms with Gasteiger partial charge in [0.15, 0.2) is 0 Å². The summed E-state index contributed by atoms with van der Waals surface area (Å²) >= 11 is 5.86. The van der Waals surface area contributed by atoms with Crippen molar-refractivity contribution in [2.75, 3.05) is 0 Å². The maximum absolute atomic E-state index is 11.9. The fourth-order valence-corrected chi connectivity index (χ4v) is 2.29. The molecule has 0 saturated heterocycles. The molecule has 1 aliphatic rings. The summed E-state index contributed by atoms with van der Waals surface area (Å²) in [4.78, 5) is 16.3. The summed E-state index contributed by atoms with van der Waals surface area (Å²) < 4.78 is 1.80. The fraction of sp³-hybridized carbons (Fsp3) is 0.571. The number of nitrogens with zero attached hydrogens (tertiary/aromatic N) is 2. The van der Waals surface area contributed by atoms with Gasteiger partial charge in [-0.3, -0.25) is 9.36 Å². The second-order valence-corrected chi connectivity index (χ2v) is 5.23. The highest BCUT2D eigenvalue weighted by Gasteiger charge is 2.28. The van der Waals surface area contributed by atoms with E-state index < -0.39 is 0 Å². The molecule has 1 fully saturated rings. The first-order chi connectivity index (χ1) is 8.72. The second-order valence-electron chi connectivity index (χ2n) is 4.84. The Morgan fingerprint density at radius 2 is 2.22 bits per heavy atom. The molecule has 0 N–H and O–H groups in total. The minimum atomic E-state index is -0.0133. The van der Waals surface area contributed by atoms with Crippen LogP contribution in [0.3, 0.4) is 0 Å². The highest BCUT2D eigenvalue weighted by molar-refractivity contribution is 6.29. The smallest absolute Gasteiger partial charge is 0.254 e. The molecule has 0 aromatic carbocycles. The van der Waals surface area contributed by atoms with Crippen LogP contribution in [-0.4, -0.2) is 9.55 Å². The van der Waals surface area contributed by atoms with Gasteiger partial charge < -0.3 is 0 Å². The van der Waals surface area contributed by atoms with Gasteiger partial charge in [0.05, 0.1) is 0 Å². The third kappa shape index (κ3) is 3.45. The van der Waals surface area contributed by atoms with Crippen LogP contribution in [0.15, 0.2) is 23.5 Å². The van der Waals surface area contributed by atoms with Crippen LogP contribution in [0.25, 0.3) is 0 Å². The van der Waals surface area contributed by atoms with Gasteiger partial charge in [0, 0.05) is 18.5 Å². The zero-order valence-electron chi connectivity index (χ0n) is 10.6. The number of aromatic nitrogens is 2. The van der Waals surface area contributed by atoms with Crippen molar-refractivity contribution in [1.29, 1.82) is 0 Å².